The van der Waals surface area contributed by atoms with Gasteiger partial charge in [-0.05, 0) is 57.9 Å². The van der Waals surface area contributed by atoms with Crippen molar-refractivity contribution in [3.63, 3.8) is 0 Å². The number of nitrogens with zero attached hydrogens (tertiary/aromatic N) is 1. The molecule has 1 aromatic rings. The lowest BCUT2D eigenvalue weighted by atomic mass is 9.98. The molecule has 0 bridgehead atoms. The van der Waals surface area contributed by atoms with E-state index in [0.29, 0.717) is 12.0 Å². The first kappa shape index (κ1) is 17.3. The second kappa shape index (κ2) is 7.47. The summed E-state index contributed by atoms with van der Waals surface area (Å²) in [4.78, 5) is 15.4. The molecule has 1 fully saturated rings. The maximum atomic E-state index is 12.2. The van der Waals surface area contributed by atoms with E-state index in [1.54, 1.807) is 11.3 Å². The molecule has 4 nitrogen and oxygen atoms in total. The minimum absolute atomic E-state index is 0.177. The molecule has 0 saturated carbocycles. The second-order valence-corrected chi connectivity index (χ2v) is 8.06. The van der Waals surface area contributed by atoms with Gasteiger partial charge in [0.25, 0.3) is 0 Å². The average molecular weight is 324 g/mol. The van der Waals surface area contributed by atoms with E-state index in [4.69, 9.17) is 4.74 Å². The number of rotatable bonds is 4. The summed E-state index contributed by atoms with van der Waals surface area (Å²) >= 11 is 1.78. The Bertz CT molecular complexity index is 468. The normalized spacial score (nSPS) is 20.7. The molecule has 1 saturated heterocycles. The van der Waals surface area contributed by atoms with Crippen molar-refractivity contribution in [1.82, 2.24) is 10.2 Å². The van der Waals surface area contributed by atoms with Gasteiger partial charge in [0.05, 0.1) is 0 Å². The molecule has 1 N–H and O–H groups in total. The van der Waals surface area contributed by atoms with E-state index in [2.05, 4.69) is 29.8 Å². The van der Waals surface area contributed by atoms with Crippen LogP contribution >= 0.6 is 11.3 Å². The number of piperidine rings is 1. The van der Waals surface area contributed by atoms with Gasteiger partial charge in [0.15, 0.2) is 0 Å². The lowest BCUT2D eigenvalue weighted by molar-refractivity contribution is 0.0165. The van der Waals surface area contributed by atoms with Crippen LogP contribution in [-0.2, 0) is 4.74 Å². The highest BCUT2D eigenvalue weighted by Gasteiger charge is 2.27. The van der Waals surface area contributed by atoms with Gasteiger partial charge in [-0.1, -0.05) is 6.07 Å². The van der Waals surface area contributed by atoms with E-state index in [1.807, 2.05) is 25.7 Å². The van der Waals surface area contributed by atoms with Crippen LogP contribution in [0, 0.1) is 5.92 Å². The minimum atomic E-state index is -0.421. The Hall–Kier alpha value is -1.07. The predicted octanol–water partition coefficient (Wildman–Crippen LogP) is 4.05. The number of carbonyl (C=O) groups is 1. The molecule has 0 spiro atoms. The van der Waals surface area contributed by atoms with Gasteiger partial charge in [-0.3, -0.25) is 0 Å². The number of likely N-dealkylation sites (tertiary alicyclic amines) is 1. The summed E-state index contributed by atoms with van der Waals surface area (Å²) in [6, 6.07) is 4.62. The molecule has 22 heavy (non-hydrogen) atoms. The van der Waals surface area contributed by atoms with E-state index in [1.165, 1.54) is 11.3 Å². The summed E-state index contributed by atoms with van der Waals surface area (Å²) in [7, 11) is 0. The average Bonchev–Trinajstić information content (AvgIpc) is 2.97. The fraction of sp³-hybridized carbons (Fsp3) is 0.706. The zero-order valence-corrected chi connectivity index (χ0v) is 14.9. The van der Waals surface area contributed by atoms with Gasteiger partial charge in [0.1, 0.15) is 5.60 Å². The Morgan fingerprint density at radius 2 is 2.32 bits per heavy atom. The van der Waals surface area contributed by atoms with Crippen LogP contribution in [0.25, 0.3) is 0 Å². The van der Waals surface area contributed by atoms with E-state index >= 15 is 0 Å². The lowest BCUT2D eigenvalue weighted by Crippen LogP contribution is -2.45. The number of ether oxygens (including phenoxy) is 1. The largest absolute Gasteiger partial charge is 0.444 e. The first-order valence-corrected chi connectivity index (χ1v) is 8.98. The summed E-state index contributed by atoms with van der Waals surface area (Å²) in [5.41, 5.74) is -0.421. The SMILES string of the molecule is C[C@H](NC[C@H]1CCCN(C(=O)OC(C)(C)C)C1)c1cccs1. The molecule has 1 amide bonds. The number of carbonyl (C=O) groups excluding carboxylic acids is 1. The van der Waals surface area contributed by atoms with Crippen LogP contribution in [0.2, 0.25) is 0 Å². The van der Waals surface area contributed by atoms with Gasteiger partial charge in [-0.25, -0.2) is 4.79 Å². The number of hydrogen-bond donors (Lipinski definition) is 1. The number of hydrogen-bond acceptors (Lipinski definition) is 4. The molecule has 0 unspecified atom stereocenters. The summed E-state index contributed by atoms with van der Waals surface area (Å²) < 4.78 is 5.48. The first-order valence-electron chi connectivity index (χ1n) is 8.10. The van der Waals surface area contributed by atoms with E-state index in [9.17, 15) is 4.79 Å². The van der Waals surface area contributed by atoms with Gasteiger partial charge in [0, 0.05) is 30.6 Å². The summed E-state index contributed by atoms with van der Waals surface area (Å²) in [6.07, 6.45) is 2.05. The van der Waals surface area contributed by atoms with Crippen LogP contribution in [-0.4, -0.2) is 36.2 Å². The highest BCUT2D eigenvalue weighted by atomic mass is 32.1. The summed E-state index contributed by atoms with van der Waals surface area (Å²) in [5.74, 6) is 0.503. The van der Waals surface area contributed by atoms with Crippen molar-refractivity contribution in [1.29, 1.82) is 0 Å². The smallest absolute Gasteiger partial charge is 0.410 e. The maximum Gasteiger partial charge on any atom is 0.410 e. The van der Waals surface area contributed by atoms with Crippen LogP contribution in [0.15, 0.2) is 17.5 Å². The van der Waals surface area contributed by atoms with Crippen LogP contribution in [0.4, 0.5) is 4.79 Å². The molecule has 0 aromatic carbocycles. The van der Waals surface area contributed by atoms with Crippen LogP contribution in [0.5, 0.6) is 0 Å². The Labute approximate surface area is 137 Å². The molecule has 1 aromatic heterocycles. The number of amides is 1. The molecule has 124 valence electrons. The van der Waals surface area contributed by atoms with Crippen molar-refractivity contribution in [3.8, 4) is 0 Å². The molecular formula is C17H28N2O2S. The molecule has 5 heteroatoms. The van der Waals surface area contributed by atoms with Gasteiger partial charge in [-0.2, -0.15) is 0 Å². The third kappa shape index (κ3) is 5.29. The van der Waals surface area contributed by atoms with Crippen molar-refractivity contribution < 1.29 is 9.53 Å². The molecule has 0 aliphatic carbocycles. The highest BCUT2D eigenvalue weighted by molar-refractivity contribution is 7.10. The molecule has 0 radical (unpaired) electrons. The van der Waals surface area contributed by atoms with E-state index in [-0.39, 0.29) is 6.09 Å². The van der Waals surface area contributed by atoms with E-state index in [0.717, 1.165) is 26.1 Å². The number of nitrogens with one attached hydrogen (secondary N) is 1. The molecule has 1 aliphatic rings. The molecule has 2 atom stereocenters. The van der Waals surface area contributed by atoms with Crippen LogP contribution in [0.3, 0.4) is 0 Å². The third-order valence-electron chi connectivity index (χ3n) is 3.85. The van der Waals surface area contributed by atoms with Gasteiger partial charge < -0.3 is 15.0 Å². The van der Waals surface area contributed by atoms with Crippen molar-refractivity contribution in [2.24, 2.45) is 5.92 Å². The molecular weight excluding hydrogens is 296 g/mol. The van der Waals surface area contributed by atoms with Gasteiger partial charge in [-0.15, -0.1) is 11.3 Å². The first-order chi connectivity index (χ1) is 10.3. The monoisotopic (exact) mass is 324 g/mol. The Morgan fingerprint density at radius 1 is 1.55 bits per heavy atom. The lowest BCUT2D eigenvalue weighted by Gasteiger charge is -2.34. The van der Waals surface area contributed by atoms with Crippen LogP contribution in [0.1, 0.15) is 51.5 Å². The van der Waals surface area contributed by atoms with Crippen molar-refractivity contribution in [3.05, 3.63) is 22.4 Å². The minimum Gasteiger partial charge on any atom is -0.444 e. The predicted molar refractivity (Wildman–Crippen MR) is 91.3 cm³/mol. The maximum absolute atomic E-state index is 12.2. The second-order valence-electron chi connectivity index (χ2n) is 7.08. The van der Waals surface area contributed by atoms with Crippen LogP contribution < -0.4 is 5.32 Å². The standard InChI is InChI=1S/C17H28N2O2S/c1-13(15-8-6-10-22-15)18-11-14-7-5-9-19(12-14)16(20)21-17(2,3)4/h6,8,10,13-14,18H,5,7,9,11-12H2,1-4H3/t13-,14+/m0/s1. The quantitative estimate of drug-likeness (QED) is 0.908. The summed E-state index contributed by atoms with van der Waals surface area (Å²) in [5, 5.41) is 5.70. The Balaban J connectivity index is 1.79. The third-order valence-corrected chi connectivity index (χ3v) is 4.91. The Kier molecular flexibility index (Phi) is 5.87. The topological polar surface area (TPSA) is 41.6 Å². The molecule has 2 rings (SSSR count). The summed E-state index contributed by atoms with van der Waals surface area (Å²) in [6.45, 7) is 10.5. The van der Waals surface area contributed by atoms with Crippen molar-refractivity contribution in [2.75, 3.05) is 19.6 Å². The zero-order chi connectivity index (χ0) is 16.2. The Morgan fingerprint density at radius 3 is 2.95 bits per heavy atom. The fourth-order valence-corrected chi connectivity index (χ4v) is 3.46. The van der Waals surface area contributed by atoms with E-state index < -0.39 is 5.60 Å². The van der Waals surface area contributed by atoms with Gasteiger partial charge in [0.2, 0.25) is 0 Å². The fourth-order valence-electron chi connectivity index (χ4n) is 2.71. The molecule has 1 aliphatic heterocycles. The van der Waals surface area contributed by atoms with Crippen molar-refractivity contribution >= 4 is 17.4 Å². The zero-order valence-electron chi connectivity index (χ0n) is 14.1. The van der Waals surface area contributed by atoms with Gasteiger partial charge >= 0.3 is 6.09 Å². The molecule has 2 heterocycles. The van der Waals surface area contributed by atoms with Crippen molar-refractivity contribution in [2.45, 2.75) is 52.2 Å². The highest BCUT2D eigenvalue weighted by Crippen LogP contribution is 2.21. The number of thiophene rings is 1.